The molecule has 0 aromatic heterocycles. The van der Waals surface area contributed by atoms with Gasteiger partial charge in [0.1, 0.15) is 28.9 Å². The minimum atomic E-state index is -0.915. The van der Waals surface area contributed by atoms with Gasteiger partial charge in [-0.3, -0.25) is 9.59 Å². The highest BCUT2D eigenvalue weighted by Crippen LogP contribution is 2.37. The van der Waals surface area contributed by atoms with Crippen molar-refractivity contribution in [3.63, 3.8) is 0 Å². The van der Waals surface area contributed by atoms with Crippen molar-refractivity contribution in [1.82, 2.24) is 5.32 Å². The lowest BCUT2D eigenvalue weighted by Crippen LogP contribution is -2.57. The molecule has 186 valence electrons. The highest BCUT2D eigenvalue weighted by atomic mass is 35.5. The van der Waals surface area contributed by atoms with Crippen LogP contribution in [0.5, 0.6) is 17.2 Å². The van der Waals surface area contributed by atoms with E-state index in [1.807, 2.05) is 6.07 Å². The molecule has 7 nitrogen and oxygen atoms in total. The first-order valence-electron chi connectivity index (χ1n) is 11.6. The predicted molar refractivity (Wildman–Crippen MR) is 135 cm³/mol. The summed E-state index contributed by atoms with van der Waals surface area (Å²) in [7, 11) is 0. The molecular weight excluding hydrogens is 466 g/mol. The number of halogens is 1. The highest BCUT2D eigenvalue weighted by molar-refractivity contribution is 6.32. The number of carbonyl (C=O) groups excluding carboxylic acids is 2. The fourth-order valence-electron chi connectivity index (χ4n) is 4.99. The van der Waals surface area contributed by atoms with Gasteiger partial charge in [-0.05, 0) is 83.7 Å². The molecule has 3 rings (SSSR count). The molecule has 0 aliphatic carbocycles. The molecule has 8 heteroatoms. The maximum atomic E-state index is 13.0. The third-order valence-corrected chi connectivity index (χ3v) is 6.32. The van der Waals surface area contributed by atoms with Crippen molar-refractivity contribution < 1.29 is 19.1 Å². The summed E-state index contributed by atoms with van der Waals surface area (Å²) in [5.74, 6) is 0.329. The fraction of sp³-hybridized carbons (Fsp3) is 0.444. The molecule has 0 spiro atoms. The summed E-state index contributed by atoms with van der Waals surface area (Å²) < 4.78 is 11.4. The van der Waals surface area contributed by atoms with Crippen molar-refractivity contribution in [3.8, 4) is 23.3 Å². The molecule has 3 N–H and O–H groups in total. The van der Waals surface area contributed by atoms with Crippen molar-refractivity contribution in [2.75, 3.05) is 0 Å². The van der Waals surface area contributed by atoms with Crippen molar-refractivity contribution in [2.45, 2.75) is 71.1 Å². The van der Waals surface area contributed by atoms with E-state index in [9.17, 15) is 14.9 Å². The van der Waals surface area contributed by atoms with Gasteiger partial charge in [-0.25, -0.2) is 0 Å². The summed E-state index contributed by atoms with van der Waals surface area (Å²) >= 11 is 6.46. The number of ketones is 1. The van der Waals surface area contributed by atoms with Gasteiger partial charge in [0.25, 0.3) is 5.91 Å². The van der Waals surface area contributed by atoms with Crippen LogP contribution in [0.3, 0.4) is 0 Å². The first kappa shape index (κ1) is 26.5. The minimum Gasteiger partial charge on any atom is -0.479 e. The van der Waals surface area contributed by atoms with Crippen LogP contribution in [0.2, 0.25) is 5.02 Å². The zero-order valence-corrected chi connectivity index (χ0v) is 21.5. The van der Waals surface area contributed by atoms with Crippen LogP contribution in [0.1, 0.15) is 69.8 Å². The van der Waals surface area contributed by atoms with E-state index >= 15 is 0 Å². The van der Waals surface area contributed by atoms with Crippen LogP contribution in [0.4, 0.5) is 0 Å². The maximum absolute atomic E-state index is 13.0. The number of carbonyl (C=O) groups is 2. The zero-order chi connectivity index (χ0) is 26.0. The monoisotopic (exact) mass is 497 g/mol. The van der Waals surface area contributed by atoms with Gasteiger partial charge in [0, 0.05) is 23.1 Å². The number of primary amides is 1. The van der Waals surface area contributed by atoms with Gasteiger partial charge in [0.15, 0.2) is 11.9 Å². The first-order valence-corrected chi connectivity index (χ1v) is 12.0. The Morgan fingerprint density at radius 1 is 1.14 bits per heavy atom. The van der Waals surface area contributed by atoms with Gasteiger partial charge in [-0.15, -0.1) is 0 Å². The average molecular weight is 498 g/mol. The Bertz CT molecular complexity index is 1150. The van der Waals surface area contributed by atoms with Crippen molar-refractivity contribution in [2.24, 2.45) is 11.7 Å². The quantitative estimate of drug-likeness (QED) is 0.473. The number of benzene rings is 2. The van der Waals surface area contributed by atoms with E-state index in [0.29, 0.717) is 17.7 Å². The molecule has 1 aliphatic rings. The van der Waals surface area contributed by atoms with Crippen LogP contribution in [0, 0.1) is 17.2 Å². The van der Waals surface area contributed by atoms with Gasteiger partial charge < -0.3 is 20.5 Å². The average Bonchev–Trinajstić information content (AvgIpc) is 2.72. The highest BCUT2D eigenvalue weighted by Gasteiger charge is 2.38. The van der Waals surface area contributed by atoms with Crippen molar-refractivity contribution >= 4 is 23.3 Å². The normalized spacial score (nSPS) is 17.7. The predicted octanol–water partition coefficient (Wildman–Crippen LogP) is 5.39. The lowest BCUT2D eigenvalue weighted by Gasteiger charge is -2.46. The molecule has 1 atom stereocenters. The number of nitrogens with one attached hydrogen (secondary N) is 1. The first-order chi connectivity index (χ1) is 16.3. The molecule has 1 fully saturated rings. The molecule has 35 heavy (non-hydrogen) atoms. The van der Waals surface area contributed by atoms with E-state index in [2.05, 4.69) is 33.0 Å². The Morgan fingerprint density at radius 3 is 2.34 bits per heavy atom. The molecule has 1 saturated heterocycles. The number of piperidine rings is 1. The van der Waals surface area contributed by atoms with E-state index in [0.717, 1.165) is 12.8 Å². The molecule has 1 heterocycles. The molecule has 0 radical (unpaired) electrons. The van der Waals surface area contributed by atoms with Crippen LogP contribution in [0.25, 0.3) is 0 Å². The summed E-state index contributed by atoms with van der Waals surface area (Å²) in [6, 6.07) is 11.7. The number of nitrogens with zero attached hydrogens (tertiary/aromatic N) is 1. The molecule has 1 unspecified atom stereocenters. The molecule has 1 amide bonds. The number of ether oxygens (including phenoxy) is 2. The summed E-state index contributed by atoms with van der Waals surface area (Å²) in [5.41, 5.74) is 5.81. The van der Waals surface area contributed by atoms with Crippen molar-refractivity contribution in [1.29, 1.82) is 5.26 Å². The second-order valence-electron chi connectivity index (χ2n) is 10.4. The molecular formula is C27H32ClN3O4. The molecule has 1 aliphatic heterocycles. The summed E-state index contributed by atoms with van der Waals surface area (Å²) in [6.45, 7) is 10.2. The molecule has 0 bridgehead atoms. The topological polar surface area (TPSA) is 114 Å². The largest absolute Gasteiger partial charge is 0.479 e. The molecule has 2 aromatic rings. The van der Waals surface area contributed by atoms with Crippen LogP contribution < -0.4 is 20.5 Å². The third-order valence-electron chi connectivity index (χ3n) is 6.03. The Morgan fingerprint density at radius 2 is 1.77 bits per heavy atom. The Balaban J connectivity index is 1.76. The minimum absolute atomic E-state index is 0.0329. The van der Waals surface area contributed by atoms with E-state index in [-0.39, 0.29) is 44.9 Å². The summed E-state index contributed by atoms with van der Waals surface area (Å²) in [5, 5.41) is 13.5. The summed E-state index contributed by atoms with van der Waals surface area (Å²) in [4.78, 5) is 24.4. The Hall–Kier alpha value is -3.08. The number of hydrogen-bond donors (Lipinski definition) is 2. The number of nitrogens with two attached hydrogens (primary N) is 1. The van der Waals surface area contributed by atoms with Gasteiger partial charge in [0.2, 0.25) is 0 Å². The van der Waals surface area contributed by atoms with Gasteiger partial charge in [0.05, 0.1) is 5.02 Å². The van der Waals surface area contributed by atoms with Crippen LogP contribution in [0.15, 0.2) is 36.4 Å². The lowest BCUT2D eigenvalue weighted by atomic mass is 9.74. The van der Waals surface area contributed by atoms with Crippen LogP contribution in [-0.4, -0.2) is 28.9 Å². The number of rotatable bonds is 8. The molecule has 0 saturated carbocycles. The lowest BCUT2D eigenvalue weighted by molar-refractivity contribution is -0.124. The van der Waals surface area contributed by atoms with Gasteiger partial charge in [-0.1, -0.05) is 17.7 Å². The van der Waals surface area contributed by atoms with E-state index < -0.39 is 12.0 Å². The van der Waals surface area contributed by atoms with Gasteiger partial charge >= 0.3 is 0 Å². The molecule has 2 aromatic carbocycles. The van der Waals surface area contributed by atoms with Gasteiger partial charge in [-0.2, -0.15) is 5.26 Å². The van der Waals surface area contributed by atoms with E-state index in [1.165, 1.54) is 6.92 Å². The Kier molecular flexibility index (Phi) is 7.78. The number of Topliss-reactive ketones (excluding diaryl/α,β-unsaturated/α-hetero) is 1. The van der Waals surface area contributed by atoms with E-state index in [1.54, 1.807) is 36.4 Å². The number of amides is 1. The summed E-state index contributed by atoms with van der Waals surface area (Å²) in [6.07, 6.45) is 1.37. The van der Waals surface area contributed by atoms with Crippen molar-refractivity contribution in [3.05, 3.63) is 52.5 Å². The standard InChI is InChI=1S/C27H32ClN3O4/c1-16(25(30)33)34-22-7-6-8-23(19(22)15-29)35-24-10-9-18(12-20(24)28)21(32)11-17-13-26(2,3)31-27(4,5)14-17/h6-10,12,16-17,31H,11,13-14H2,1-5H3,(H2,30,33). The SMILES string of the molecule is CC(Oc1cccc(Oc2ccc(C(=O)CC3CC(C)(C)NC(C)(C)C3)cc2Cl)c1C#N)C(N)=O. The third kappa shape index (κ3) is 6.74. The Labute approximate surface area is 211 Å². The second kappa shape index (κ2) is 10.3. The van der Waals surface area contributed by atoms with Crippen LogP contribution >= 0.6 is 11.6 Å². The second-order valence-corrected chi connectivity index (χ2v) is 10.9. The smallest absolute Gasteiger partial charge is 0.258 e. The van der Waals surface area contributed by atoms with Crippen LogP contribution in [-0.2, 0) is 4.79 Å². The number of hydrogen-bond acceptors (Lipinski definition) is 6. The fourth-order valence-corrected chi connectivity index (χ4v) is 5.21. The van der Waals surface area contributed by atoms with E-state index in [4.69, 9.17) is 26.8 Å². The number of nitriles is 1. The maximum Gasteiger partial charge on any atom is 0.258 e. The zero-order valence-electron chi connectivity index (χ0n) is 20.8.